The number of carbonyl (C=O) groups excluding carboxylic acids is 5. The van der Waals surface area contributed by atoms with E-state index in [2.05, 4.69) is 31.2 Å². The van der Waals surface area contributed by atoms with E-state index in [0.717, 1.165) is 5.56 Å². The Kier molecular flexibility index (Phi) is 15.7. The minimum absolute atomic E-state index is 0.0310. The van der Waals surface area contributed by atoms with Crippen LogP contribution in [0.25, 0.3) is 0 Å². The molecule has 1 aromatic carbocycles. The lowest BCUT2D eigenvalue weighted by molar-refractivity contribution is -0.144. The number of aromatic nitrogens is 2. The van der Waals surface area contributed by atoms with E-state index in [4.69, 9.17) is 0 Å². The van der Waals surface area contributed by atoms with E-state index in [-0.39, 0.29) is 18.8 Å². The van der Waals surface area contributed by atoms with Crippen molar-refractivity contribution in [2.45, 2.75) is 97.7 Å². The normalized spacial score (nSPS) is 15.3. The quantitative estimate of drug-likeness (QED) is 0.124. The molecule has 2 rings (SSSR count). The summed E-state index contributed by atoms with van der Waals surface area (Å²) in [5.41, 5.74) is 0.104. The zero-order valence-electron chi connectivity index (χ0n) is 28.9. The first-order valence-electron chi connectivity index (χ1n) is 16.2. The van der Waals surface area contributed by atoms with E-state index in [1.54, 1.807) is 39.5 Å². The summed E-state index contributed by atoms with van der Waals surface area (Å²) in [6.07, 6.45) is 2.37. The van der Waals surface area contributed by atoms with E-state index < -0.39 is 77.7 Å². The number of hydrogen-bond acceptors (Lipinski definition) is 10. The van der Waals surface area contributed by atoms with Crippen LogP contribution >= 0.6 is 0 Å². The molecular formula is C34H51N7O7. The van der Waals surface area contributed by atoms with Crippen LogP contribution in [0.1, 0.15) is 83.4 Å². The van der Waals surface area contributed by atoms with Gasteiger partial charge >= 0.3 is 0 Å². The maximum absolute atomic E-state index is 13.5. The molecule has 4 amide bonds. The Labute approximate surface area is 282 Å². The summed E-state index contributed by atoms with van der Waals surface area (Å²) >= 11 is 0. The highest BCUT2D eigenvalue weighted by molar-refractivity contribution is 6.38. The smallest absolute Gasteiger partial charge is 0.289 e. The highest BCUT2D eigenvalue weighted by Gasteiger charge is 2.40. The number of likely N-dealkylation sites (N-methyl/N-ethyl adjacent to an activating group) is 1. The number of benzene rings is 1. The van der Waals surface area contributed by atoms with Gasteiger partial charge in [-0.15, -0.1) is 0 Å². The molecule has 1 heterocycles. The van der Waals surface area contributed by atoms with Crippen LogP contribution in [0, 0.1) is 5.41 Å². The Morgan fingerprint density at radius 2 is 1.60 bits per heavy atom. The summed E-state index contributed by atoms with van der Waals surface area (Å²) in [5, 5.41) is 32.6. The molecule has 0 aliphatic carbocycles. The Morgan fingerprint density at radius 3 is 2.15 bits per heavy atom. The van der Waals surface area contributed by atoms with Crippen LogP contribution in [0.15, 0.2) is 48.9 Å². The highest BCUT2D eigenvalue weighted by atomic mass is 16.3. The maximum Gasteiger partial charge on any atom is 0.289 e. The topological polar surface area (TPSA) is 203 Å². The molecule has 14 nitrogen and oxygen atoms in total. The van der Waals surface area contributed by atoms with Crippen molar-refractivity contribution >= 4 is 29.4 Å². The van der Waals surface area contributed by atoms with Gasteiger partial charge < -0.3 is 31.5 Å². The molecular weight excluding hydrogens is 618 g/mol. The van der Waals surface area contributed by atoms with Crippen molar-refractivity contribution in [1.82, 2.24) is 36.1 Å². The van der Waals surface area contributed by atoms with Crippen molar-refractivity contribution in [3.63, 3.8) is 0 Å². The molecule has 0 aliphatic heterocycles. The third-order valence-corrected chi connectivity index (χ3v) is 7.90. The van der Waals surface area contributed by atoms with Crippen LogP contribution in [0.4, 0.5) is 0 Å². The fourth-order valence-corrected chi connectivity index (χ4v) is 5.41. The summed E-state index contributed by atoms with van der Waals surface area (Å²) in [5.74, 6) is -3.29. The molecule has 3 unspecified atom stereocenters. The average molecular weight is 670 g/mol. The zero-order chi connectivity index (χ0) is 36.0. The van der Waals surface area contributed by atoms with E-state index >= 15 is 0 Å². The minimum Gasteiger partial charge on any atom is -0.392 e. The molecule has 264 valence electrons. The average Bonchev–Trinajstić information content (AvgIpc) is 3.06. The standard InChI is InChI=1S/C34H51N7O7/c1-8-13-25(29(45)32(47)39-21(3)23-14-11-10-12-15-23)41(9-2)28(22(4)42)26(43)19-37-33(48)30(34(5,6)7)40-27(44)20-38-31(46)24-18-35-16-17-36-24/h10-12,14-18,21-22,25-26,28,30,42-43H,8-9,13,19-20H2,1-7H3,(H,37,48)(H,38,46)(H,39,47)(H,40,44)/t21-,22?,25?,26-,28+,30?/m0/s1. The van der Waals surface area contributed by atoms with Gasteiger partial charge in [0, 0.05) is 18.9 Å². The monoisotopic (exact) mass is 669 g/mol. The molecule has 0 saturated carbocycles. The SMILES string of the molecule is CCCC(C(=O)C(=O)N[C@@H](C)c1ccccc1)N(CC)[C@H](C(C)O)[C@@H](O)CNC(=O)C(NC(=O)CNC(=O)c1cnccn1)C(C)(C)C. The molecule has 6 atom stereocenters. The summed E-state index contributed by atoms with van der Waals surface area (Å²) in [6.45, 7) is 11.6. The number of aliphatic hydroxyl groups excluding tert-OH is 2. The number of rotatable bonds is 18. The van der Waals surface area contributed by atoms with Gasteiger partial charge in [-0.2, -0.15) is 0 Å². The van der Waals surface area contributed by atoms with Crippen LogP contribution in [0.3, 0.4) is 0 Å². The molecule has 6 N–H and O–H groups in total. The van der Waals surface area contributed by atoms with Crippen molar-refractivity contribution in [3.05, 3.63) is 60.2 Å². The van der Waals surface area contributed by atoms with Gasteiger partial charge in [-0.25, -0.2) is 4.98 Å². The second-order valence-corrected chi connectivity index (χ2v) is 12.8. The third-order valence-electron chi connectivity index (χ3n) is 7.90. The fraction of sp³-hybridized carbons (Fsp3) is 0.559. The summed E-state index contributed by atoms with van der Waals surface area (Å²) in [7, 11) is 0. The summed E-state index contributed by atoms with van der Waals surface area (Å²) < 4.78 is 0. The molecule has 0 radical (unpaired) electrons. The van der Waals surface area contributed by atoms with Gasteiger partial charge in [0.1, 0.15) is 11.7 Å². The number of carbonyl (C=O) groups is 5. The number of Topliss-reactive ketones (excluding diaryl/α,β-unsaturated/α-hetero) is 1. The lowest BCUT2D eigenvalue weighted by Gasteiger charge is -2.40. The second kappa shape index (κ2) is 18.9. The Balaban J connectivity index is 2.12. The van der Waals surface area contributed by atoms with Gasteiger partial charge in [0.25, 0.3) is 11.8 Å². The van der Waals surface area contributed by atoms with Crippen LogP contribution in [-0.4, -0.2) is 104 Å². The Bertz CT molecular complexity index is 1350. The van der Waals surface area contributed by atoms with Crippen molar-refractivity contribution in [2.24, 2.45) is 5.41 Å². The van der Waals surface area contributed by atoms with E-state index in [0.29, 0.717) is 12.8 Å². The van der Waals surface area contributed by atoms with Crippen LogP contribution in [0.5, 0.6) is 0 Å². The predicted octanol–water partition coefficient (Wildman–Crippen LogP) is 0.901. The number of nitrogens with one attached hydrogen (secondary N) is 4. The first-order valence-corrected chi connectivity index (χ1v) is 16.2. The first-order chi connectivity index (χ1) is 22.6. The lowest BCUT2D eigenvalue weighted by atomic mass is 9.86. The molecule has 1 aromatic heterocycles. The van der Waals surface area contributed by atoms with Gasteiger partial charge in [0.15, 0.2) is 0 Å². The molecule has 0 fully saturated rings. The number of amides is 4. The number of aliphatic hydroxyl groups is 2. The highest BCUT2D eigenvalue weighted by Crippen LogP contribution is 2.21. The summed E-state index contributed by atoms with van der Waals surface area (Å²) in [4.78, 5) is 74.3. The second-order valence-electron chi connectivity index (χ2n) is 12.8. The molecule has 48 heavy (non-hydrogen) atoms. The molecule has 0 bridgehead atoms. The van der Waals surface area contributed by atoms with E-state index in [1.807, 2.05) is 37.3 Å². The van der Waals surface area contributed by atoms with Crippen LogP contribution in [0.2, 0.25) is 0 Å². The van der Waals surface area contributed by atoms with Gasteiger partial charge in [-0.1, -0.05) is 71.4 Å². The fourth-order valence-electron chi connectivity index (χ4n) is 5.41. The lowest BCUT2D eigenvalue weighted by Crippen LogP contribution is -2.61. The first kappa shape index (κ1) is 39.9. The van der Waals surface area contributed by atoms with Crippen molar-refractivity contribution < 1.29 is 34.2 Å². The van der Waals surface area contributed by atoms with Gasteiger partial charge in [0.05, 0.1) is 43.1 Å². The van der Waals surface area contributed by atoms with E-state index in [9.17, 15) is 34.2 Å². The zero-order valence-corrected chi connectivity index (χ0v) is 28.9. The van der Waals surface area contributed by atoms with Gasteiger partial charge in [-0.05, 0) is 37.8 Å². The number of ketones is 1. The van der Waals surface area contributed by atoms with Crippen molar-refractivity contribution in [3.8, 4) is 0 Å². The number of hydrogen-bond donors (Lipinski definition) is 6. The minimum atomic E-state index is -1.35. The Morgan fingerprint density at radius 1 is 0.938 bits per heavy atom. The predicted molar refractivity (Wildman–Crippen MR) is 179 cm³/mol. The van der Waals surface area contributed by atoms with Crippen molar-refractivity contribution in [1.29, 1.82) is 0 Å². The van der Waals surface area contributed by atoms with Crippen LogP contribution < -0.4 is 21.3 Å². The van der Waals surface area contributed by atoms with E-state index in [1.165, 1.54) is 25.5 Å². The third kappa shape index (κ3) is 11.8. The Hall–Kier alpha value is -4.27. The molecule has 0 spiro atoms. The molecule has 0 aliphatic rings. The maximum atomic E-state index is 13.5. The van der Waals surface area contributed by atoms with Crippen molar-refractivity contribution in [2.75, 3.05) is 19.6 Å². The van der Waals surface area contributed by atoms with Crippen LogP contribution in [-0.2, 0) is 19.2 Å². The molecule has 14 heteroatoms. The van der Waals surface area contributed by atoms with Gasteiger partial charge in [-0.3, -0.25) is 33.9 Å². The largest absolute Gasteiger partial charge is 0.392 e. The molecule has 2 aromatic rings. The van der Waals surface area contributed by atoms with Gasteiger partial charge in [0.2, 0.25) is 17.6 Å². The number of nitrogens with zero attached hydrogens (tertiary/aromatic N) is 3. The molecule has 0 saturated heterocycles. The summed E-state index contributed by atoms with van der Waals surface area (Å²) in [6, 6.07) is 5.80.